The van der Waals surface area contributed by atoms with Crippen LogP contribution in [0.2, 0.25) is 0 Å². The Morgan fingerprint density at radius 1 is 0.611 bits per heavy atom. The number of amides is 2. The van der Waals surface area contributed by atoms with Gasteiger partial charge in [-0.05, 0) is 93.3 Å². The number of ether oxygens (including phenoxy) is 4. The fraction of sp³-hybridized carbons (Fsp3) is 0.346. The van der Waals surface area contributed by atoms with E-state index in [2.05, 4.69) is 47.1 Å². The molecule has 4 aliphatic rings. The molecule has 10 rings (SSSR count). The predicted octanol–water partition coefficient (Wildman–Crippen LogP) is 4.62. The number of hydrogen-bond donors (Lipinski definition) is 6. The van der Waals surface area contributed by atoms with Crippen molar-refractivity contribution in [2.24, 2.45) is 0 Å². The van der Waals surface area contributed by atoms with Gasteiger partial charge < -0.3 is 61.5 Å². The lowest BCUT2D eigenvalue weighted by atomic mass is 10.0. The molecule has 20 heteroatoms. The van der Waals surface area contributed by atoms with Crippen LogP contribution in [0, 0.1) is 0 Å². The molecule has 2 aromatic heterocycles. The van der Waals surface area contributed by atoms with Crippen molar-refractivity contribution < 1.29 is 28.5 Å². The predicted molar refractivity (Wildman–Crippen MR) is 279 cm³/mol. The molecule has 72 heavy (non-hydrogen) atoms. The van der Waals surface area contributed by atoms with Gasteiger partial charge in [-0.25, -0.2) is 9.97 Å². The molecular formula is C52H62N12O8. The molecular weight excluding hydrogens is 921 g/mol. The second-order valence-electron chi connectivity index (χ2n) is 17.2. The Morgan fingerprint density at radius 2 is 1.10 bits per heavy atom. The highest BCUT2D eigenvalue weighted by molar-refractivity contribution is 6.09. The summed E-state index contributed by atoms with van der Waals surface area (Å²) in [7, 11) is 3.02. The van der Waals surface area contributed by atoms with Gasteiger partial charge in [-0.2, -0.15) is 0 Å². The molecule has 4 saturated heterocycles. The van der Waals surface area contributed by atoms with Crippen molar-refractivity contribution >= 4 is 46.2 Å². The molecule has 0 radical (unpaired) electrons. The highest BCUT2D eigenvalue weighted by Crippen LogP contribution is 2.38. The van der Waals surface area contributed by atoms with Gasteiger partial charge in [0.2, 0.25) is 0 Å². The van der Waals surface area contributed by atoms with Crippen LogP contribution >= 0.6 is 0 Å². The molecule has 0 aliphatic carbocycles. The van der Waals surface area contributed by atoms with Crippen LogP contribution in [-0.2, 0) is 9.47 Å². The fourth-order valence-corrected chi connectivity index (χ4v) is 9.05. The van der Waals surface area contributed by atoms with Gasteiger partial charge in [-0.1, -0.05) is 48.5 Å². The number of carbonyl (C=O) groups is 2. The maximum atomic E-state index is 13.5. The van der Waals surface area contributed by atoms with E-state index in [0.717, 1.165) is 36.3 Å². The van der Waals surface area contributed by atoms with Crippen LogP contribution < -0.4 is 63.1 Å². The summed E-state index contributed by atoms with van der Waals surface area (Å²) in [6.07, 6.45) is 7.48. The van der Waals surface area contributed by atoms with Crippen LogP contribution in [0.1, 0.15) is 58.0 Å². The zero-order valence-electron chi connectivity index (χ0n) is 40.6. The van der Waals surface area contributed by atoms with Crippen molar-refractivity contribution in [2.45, 2.75) is 31.7 Å². The third-order valence-electron chi connectivity index (χ3n) is 12.7. The Bertz CT molecular complexity index is 2930. The van der Waals surface area contributed by atoms with Gasteiger partial charge >= 0.3 is 0 Å². The summed E-state index contributed by atoms with van der Waals surface area (Å²) in [6, 6.07) is 27.5. The molecule has 6 aromatic rings. The molecule has 8 N–H and O–H groups in total. The fourth-order valence-electron chi connectivity index (χ4n) is 9.05. The van der Waals surface area contributed by atoms with E-state index in [4.69, 9.17) is 30.4 Å². The lowest BCUT2D eigenvalue weighted by Gasteiger charge is -2.33. The van der Waals surface area contributed by atoms with Gasteiger partial charge in [-0.15, -0.1) is 0 Å². The molecule has 1 unspecified atom stereocenters. The maximum Gasteiger partial charge on any atom is 0.273 e. The van der Waals surface area contributed by atoms with Crippen molar-refractivity contribution in [3.05, 3.63) is 141 Å². The van der Waals surface area contributed by atoms with Gasteiger partial charge in [-0.3, -0.25) is 28.3 Å². The molecule has 20 nitrogen and oxygen atoms in total. The largest absolute Gasteiger partial charge is 0.495 e. The Hall–Kier alpha value is -7.78. The number of anilines is 6. The summed E-state index contributed by atoms with van der Waals surface area (Å²) < 4.78 is 24.2. The first-order valence-corrected chi connectivity index (χ1v) is 24.1. The molecule has 4 aliphatic heterocycles. The molecule has 6 heterocycles. The van der Waals surface area contributed by atoms with Crippen LogP contribution in [0.15, 0.2) is 113 Å². The highest BCUT2D eigenvalue weighted by atomic mass is 16.5. The first-order chi connectivity index (χ1) is 35.2. The average molecular weight is 983 g/mol. The van der Waals surface area contributed by atoms with Crippen molar-refractivity contribution in [1.29, 1.82) is 0 Å². The quantitative estimate of drug-likeness (QED) is 0.104. The SMILES string of the molecule is C1CCNC1.COc1ccccc1-n1cnc(N)c(C(=O)Nc2cccc(C3CCCN3)c2N2CCOCC2)c1=O.COc1ccccc1-n1cnc(N)c(C(=O)Nc2ccccc2N2CCOCC2)c1=O. The first kappa shape index (κ1) is 50.6. The average Bonchev–Trinajstić information content (AvgIpc) is 4.19. The number of nitrogens with one attached hydrogen (secondary N) is 4. The van der Waals surface area contributed by atoms with Gasteiger partial charge in [0, 0.05) is 32.2 Å². The number of methoxy groups -OCH3 is 2. The molecule has 0 spiro atoms. The summed E-state index contributed by atoms with van der Waals surface area (Å²) in [5, 5.41) is 12.6. The number of nitrogens with two attached hydrogens (primary N) is 2. The summed E-state index contributed by atoms with van der Waals surface area (Å²) in [5.74, 6) is -0.563. The lowest BCUT2D eigenvalue weighted by Crippen LogP contribution is -2.38. The van der Waals surface area contributed by atoms with Crippen LogP contribution in [0.4, 0.5) is 34.4 Å². The normalized spacial score (nSPS) is 16.4. The van der Waals surface area contributed by atoms with E-state index >= 15 is 0 Å². The molecule has 1 atom stereocenters. The number of morpholine rings is 2. The van der Waals surface area contributed by atoms with Crippen LogP contribution in [0.5, 0.6) is 11.5 Å². The maximum absolute atomic E-state index is 13.5. The second kappa shape index (κ2) is 24.4. The van der Waals surface area contributed by atoms with Crippen LogP contribution in [0.25, 0.3) is 11.4 Å². The summed E-state index contributed by atoms with van der Waals surface area (Å²) in [6.45, 7) is 8.74. The minimum atomic E-state index is -0.625. The number of hydrogen-bond acceptors (Lipinski definition) is 16. The Morgan fingerprint density at radius 3 is 1.60 bits per heavy atom. The van der Waals surface area contributed by atoms with Gasteiger partial charge in [0.25, 0.3) is 22.9 Å². The second-order valence-corrected chi connectivity index (χ2v) is 17.2. The molecule has 4 aromatic carbocycles. The smallest absolute Gasteiger partial charge is 0.273 e. The van der Waals surface area contributed by atoms with Gasteiger partial charge in [0.1, 0.15) is 46.9 Å². The van der Waals surface area contributed by atoms with E-state index < -0.39 is 22.9 Å². The highest BCUT2D eigenvalue weighted by Gasteiger charge is 2.28. The summed E-state index contributed by atoms with van der Waals surface area (Å²) in [5.41, 5.74) is 15.4. The number of carbonyl (C=O) groups excluding carboxylic acids is 2. The van der Waals surface area contributed by atoms with Crippen molar-refractivity contribution in [3.63, 3.8) is 0 Å². The summed E-state index contributed by atoms with van der Waals surface area (Å²) in [4.78, 5) is 65.8. The number of para-hydroxylation sites is 7. The number of nitrogens with zero attached hydrogens (tertiary/aromatic N) is 6. The van der Waals surface area contributed by atoms with Crippen molar-refractivity contribution in [3.8, 4) is 22.9 Å². The minimum absolute atomic E-state index is 0.134. The summed E-state index contributed by atoms with van der Waals surface area (Å²) >= 11 is 0. The first-order valence-electron chi connectivity index (χ1n) is 24.1. The molecule has 0 bridgehead atoms. The van der Waals surface area contributed by atoms with Gasteiger partial charge in [0.05, 0.1) is 74.8 Å². The number of aromatic nitrogens is 4. The monoisotopic (exact) mass is 982 g/mol. The topological polar surface area (TPSA) is 247 Å². The zero-order chi connectivity index (χ0) is 50.4. The standard InChI is InChI=1S/C26H30N6O4.C22H23N5O4.C4H9N/c1-35-21-10-3-2-9-20(21)32-16-29-24(27)22(26(32)34)25(33)30-19-7-4-6-17(18-8-5-11-28-18)23(19)31-12-14-36-15-13-31;1-30-18-9-5-4-8-17(18)27-14-24-20(23)19(22(27)29)21(28)25-15-6-2-3-7-16(15)26-10-12-31-13-11-26;1-2-4-5-3-1/h2-4,6-7,9-10,16,18,28H,5,8,11-15,27H2,1H3,(H,30,33);2-9,14H,10-13,23H2,1H3,(H,25,28);5H,1-4H2. The van der Waals surface area contributed by atoms with E-state index in [-0.39, 0.29) is 28.8 Å². The Kier molecular flexibility index (Phi) is 17.1. The number of nitrogen functional groups attached to an aromatic ring is 2. The van der Waals surface area contributed by atoms with Crippen molar-refractivity contribution in [1.82, 2.24) is 29.7 Å². The van der Waals surface area contributed by atoms with Crippen LogP contribution in [-0.4, -0.2) is 117 Å². The number of rotatable bonds is 11. The van der Waals surface area contributed by atoms with E-state index in [1.165, 1.54) is 61.9 Å². The third-order valence-corrected chi connectivity index (χ3v) is 12.7. The van der Waals surface area contributed by atoms with E-state index in [0.29, 0.717) is 86.9 Å². The minimum Gasteiger partial charge on any atom is -0.495 e. The molecule has 0 saturated carbocycles. The Labute approximate surface area is 417 Å². The van der Waals surface area contributed by atoms with Gasteiger partial charge in [0.15, 0.2) is 0 Å². The van der Waals surface area contributed by atoms with E-state index in [9.17, 15) is 19.2 Å². The lowest BCUT2D eigenvalue weighted by molar-refractivity contribution is 0.101. The molecule has 2 amide bonds. The molecule has 378 valence electrons. The van der Waals surface area contributed by atoms with Crippen molar-refractivity contribution in [2.75, 3.05) is 118 Å². The van der Waals surface area contributed by atoms with Crippen LogP contribution in [0.3, 0.4) is 0 Å². The van der Waals surface area contributed by atoms with E-state index in [1.54, 1.807) is 54.6 Å². The number of benzene rings is 4. The third kappa shape index (κ3) is 11.7. The Balaban J connectivity index is 0.000000177. The van der Waals surface area contributed by atoms with E-state index in [1.807, 2.05) is 30.3 Å². The molecule has 4 fully saturated rings. The zero-order valence-corrected chi connectivity index (χ0v) is 40.6.